The van der Waals surface area contributed by atoms with Crippen LogP contribution in [-0.2, 0) is 13.0 Å². The van der Waals surface area contributed by atoms with Gasteiger partial charge in [0.1, 0.15) is 11.5 Å². The third kappa shape index (κ3) is 6.38. The van der Waals surface area contributed by atoms with Gasteiger partial charge in [0.05, 0.1) is 12.8 Å². The first-order chi connectivity index (χ1) is 10.3. The van der Waals surface area contributed by atoms with Crippen LogP contribution >= 0.6 is 24.0 Å². The second-order valence-corrected chi connectivity index (χ2v) is 4.62. The van der Waals surface area contributed by atoms with Crippen molar-refractivity contribution in [2.24, 2.45) is 4.99 Å². The number of guanidine groups is 1. The fraction of sp³-hybridized carbons (Fsp3) is 0.312. The van der Waals surface area contributed by atoms with Crippen LogP contribution in [-0.4, -0.2) is 24.2 Å². The molecule has 0 fully saturated rings. The quantitative estimate of drug-likeness (QED) is 0.386. The number of aliphatic imine (C=N–C) groups is 1. The number of phenols is 1. The molecule has 0 unspecified atom stereocenters. The average Bonchev–Trinajstić information content (AvgIpc) is 2.98. The highest BCUT2D eigenvalue weighted by Crippen LogP contribution is 2.11. The molecule has 0 bridgehead atoms. The minimum absolute atomic E-state index is 0. The lowest BCUT2D eigenvalue weighted by Gasteiger charge is -2.10. The second-order valence-electron chi connectivity index (χ2n) is 4.62. The summed E-state index contributed by atoms with van der Waals surface area (Å²) < 4.78 is 5.29. The Hall–Kier alpha value is -1.70. The molecule has 3 N–H and O–H groups in total. The van der Waals surface area contributed by atoms with Crippen LogP contribution in [0.3, 0.4) is 0 Å². The molecule has 0 saturated heterocycles. The highest BCUT2D eigenvalue weighted by Gasteiger charge is 2.00. The van der Waals surface area contributed by atoms with E-state index < -0.39 is 0 Å². The molecule has 0 aliphatic carbocycles. The number of furan rings is 1. The van der Waals surface area contributed by atoms with Gasteiger partial charge in [-0.25, -0.2) is 4.99 Å². The predicted octanol–water partition coefficient (Wildman–Crippen LogP) is 2.90. The normalized spacial score (nSPS) is 10.9. The molecule has 2 rings (SSSR count). The Balaban J connectivity index is 0.00000242. The number of hydrogen-bond acceptors (Lipinski definition) is 3. The number of phenolic OH excluding ortho intramolecular Hbond substituents is 1. The fourth-order valence-corrected chi connectivity index (χ4v) is 1.93. The molecule has 0 aliphatic rings. The summed E-state index contributed by atoms with van der Waals surface area (Å²) in [6.07, 6.45) is 2.49. The Labute approximate surface area is 147 Å². The molecule has 0 radical (unpaired) electrons. The van der Waals surface area contributed by atoms with Gasteiger partial charge in [0.2, 0.25) is 0 Å². The molecular weight excluding hydrogens is 393 g/mol. The first-order valence-corrected chi connectivity index (χ1v) is 7.10. The van der Waals surface area contributed by atoms with Crippen LogP contribution in [0, 0.1) is 0 Å². The van der Waals surface area contributed by atoms with Crippen molar-refractivity contribution in [3.8, 4) is 5.75 Å². The van der Waals surface area contributed by atoms with Gasteiger partial charge in [0, 0.05) is 19.5 Å². The number of hydrogen-bond donors (Lipinski definition) is 3. The molecule has 0 saturated carbocycles. The minimum Gasteiger partial charge on any atom is -0.508 e. The van der Waals surface area contributed by atoms with Crippen LogP contribution in [0.4, 0.5) is 0 Å². The van der Waals surface area contributed by atoms with Crippen molar-refractivity contribution in [3.63, 3.8) is 0 Å². The minimum atomic E-state index is 0. The van der Waals surface area contributed by atoms with E-state index in [0.29, 0.717) is 6.54 Å². The maximum absolute atomic E-state index is 9.44. The number of nitrogens with zero attached hydrogens (tertiary/aromatic N) is 1. The number of aromatic hydroxyl groups is 1. The van der Waals surface area contributed by atoms with E-state index >= 15 is 0 Å². The van der Waals surface area contributed by atoms with Crippen molar-refractivity contribution < 1.29 is 9.52 Å². The van der Waals surface area contributed by atoms with Crippen LogP contribution in [0.25, 0.3) is 0 Å². The summed E-state index contributed by atoms with van der Waals surface area (Å²) in [5.74, 6) is 1.97. The van der Waals surface area contributed by atoms with Gasteiger partial charge < -0.3 is 20.2 Å². The van der Waals surface area contributed by atoms with E-state index in [1.165, 1.54) is 0 Å². The number of halogens is 1. The van der Waals surface area contributed by atoms with E-state index in [1.54, 1.807) is 18.4 Å². The summed E-state index contributed by atoms with van der Waals surface area (Å²) in [5, 5.41) is 15.9. The third-order valence-electron chi connectivity index (χ3n) is 2.92. The molecule has 6 heteroatoms. The molecule has 1 aromatic heterocycles. The molecule has 0 amide bonds. The van der Waals surface area contributed by atoms with Crippen LogP contribution in [0.15, 0.2) is 52.1 Å². The summed E-state index contributed by atoms with van der Waals surface area (Å²) in [5.41, 5.74) is 0.971. The lowest BCUT2D eigenvalue weighted by atomic mass is 10.2. The van der Waals surface area contributed by atoms with Crippen LogP contribution < -0.4 is 10.6 Å². The Kier molecular flexibility index (Phi) is 8.42. The summed E-state index contributed by atoms with van der Waals surface area (Å²) >= 11 is 0. The highest BCUT2D eigenvalue weighted by molar-refractivity contribution is 14.0. The summed E-state index contributed by atoms with van der Waals surface area (Å²) in [7, 11) is 0. The van der Waals surface area contributed by atoms with E-state index in [-0.39, 0.29) is 29.7 Å². The zero-order chi connectivity index (χ0) is 14.9. The molecule has 22 heavy (non-hydrogen) atoms. The van der Waals surface area contributed by atoms with Crippen molar-refractivity contribution in [3.05, 3.63) is 54.0 Å². The molecule has 1 aromatic carbocycles. The summed E-state index contributed by atoms with van der Waals surface area (Å²) in [4.78, 5) is 4.50. The van der Waals surface area contributed by atoms with E-state index in [1.807, 2.05) is 31.2 Å². The molecule has 0 aliphatic heterocycles. The molecule has 5 nitrogen and oxygen atoms in total. The van der Waals surface area contributed by atoms with Crippen molar-refractivity contribution in [2.45, 2.75) is 19.9 Å². The van der Waals surface area contributed by atoms with Crippen LogP contribution in [0.1, 0.15) is 18.2 Å². The molecular formula is C16H22IN3O2. The number of benzene rings is 1. The molecule has 0 atom stereocenters. The van der Waals surface area contributed by atoms with Gasteiger partial charge in [-0.05, 0) is 36.8 Å². The average molecular weight is 415 g/mol. The monoisotopic (exact) mass is 415 g/mol. The fourth-order valence-electron chi connectivity index (χ4n) is 1.93. The van der Waals surface area contributed by atoms with Crippen LogP contribution in [0.2, 0.25) is 0 Å². The van der Waals surface area contributed by atoms with Gasteiger partial charge in [-0.1, -0.05) is 12.1 Å². The third-order valence-corrected chi connectivity index (χ3v) is 2.92. The Morgan fingerprint density at radius 1 is 1.23 bits per heavy atom. The van der Waals surface area contributed by atoms with Crippen molar-refractivity contribution >= 4 is 29.9 Å². The zero-order valence-corrected chi connectivity index (χ0v) is 14.9. The number of rotatable bonds is 6. The van der Waals surface area contributed by atoms with Crippen molar-refractivity contribution in [1.29, 1.82) is 0 Å². The van der Waals surface area contributed by atoms with Gasteiger partial charge in [0.25, 0.3) is 0 Å². The van der Waals surface area contributed by atoms with Crippen LogP contribution in [0.5, 0.6) is 5.75 Å². The van der Waals surface area contributed by atoms with Gasteiger partial charge in [-0.2, -0.15) is 0 Å². The molecule has 2 aromatic rings. The van der Waals surface area contributed by atoms with E-state index in [2.05, 4.69) is 15.6 Å². The highest BCUT2D eigenvalue weighted by atomic mass is 127. The van der Waals surface area contributed by atoms with E-state index in [4.69, 9.17) is 4.42 Å². The largest absolute Gasteiger partial charge is 0.508 e. The Morgan fingerprint density at radius 3 is 2.77 bits per heavy atom. The number of nitrogens with one attached hydrogen (secondary N) is 2. The summed E-state index contributed by atoms with van der Waals surface area (Å²) in [6, 6.07) is 11.0. The van der Waals surface area contributed by atoms with Crippen molar-refractivity contribution in [1.82, 2.24) is 10.6 Å². The maximum atomic E-state index is 9.44. The maximum Gasteiger partial charge on any atom is 0.191 e. The molecule has 1 heterocycles. The van der Waals surface area contributed by atoms with E-state index in [9.17, 15) is 5.11 Å². The van der Waals surface area contributed by atoms with Gasteiger partial charge in [-0.3, -0.25) is 0 Å². The molecule has 120 valence electrons. The lowest BCUT2D eigenvalue weighted by molar-refractivity contribution is 0.474. The first-order valence-electron chi connectivity index (χ1n) is 7.10. The predicted molar refractivity (Wildman–Crippen MR) is 98.8 cm³/mol. The van der Waals surface area contributed by atoms with Gasteiger partial charge in [-0.15, -0.1) is 24.0 Å². The second kappa shape index (κ2) is 10.1. The Bertz CT molecular complexity index is 571. The van der Waals surface area contributed by atoms with E-state index in [0.717, 1.165) is 36.8 Å². The standard InChI is InChI=1S/C16H21N3O2.HI/c1-2-17-16(18-9-8-15-7-4-10-21-15)19-12-13-5-3-6-14(20)11-13;/h3-7,10-11,20H,2,8-9,12H2,1H3,(H2,17,18,19);1H. The molecule has 0 spiro atoms. The SMILES string of the molecule is CCNC(=NCc1cccc(O)c1)NCCc1ccco1.I. The summed E-state index contributed by atoms with van der Waals surface area (Å²) in [6.45, 7) is 4.09. The zero-order valence-electron chi connectivity index (χ0n) is 12.6. The van der Waals surface area contributed by atoms with Crippen molar-refractivity contribution in [2.75, 3.05) is 13.1 Å². The smallest absolute Gasteiger partial charge is 0.191 e. The Morgan fingerprint density at radius 2 is 2.09 bits per heavy atom. The first kappa shape index (κ1) is 18.3. The van der Waals surface area contributed by atoms with Gasteiger partial charge in [0.15, 0.2) is 5.96 Å². The van der Waals surface area contributed by atoms with Gasteiger partial charge >= 0.3 is 0 Å². The topological polar surface area (TPSA) is 69.8 Å². The lowest BCUT2D eigenvalue weighted by Crippen LogP contribution is -2.38.